The van der Waals surface area contributed by atoms with E-state index in [0.717, 1.165) is 61.3 Å². The van der Waals surface area contributed by atoms with Gasteiger partial charge in [0.05, 0.1) is 16.9 Å². The summed E-state index contributed by atoms with van der Waals surface area (Å²) in [6, 6.07) is 43.3. The summed E-state index contributed by atoms with van der Waals surface area (Å²) in [7, 11) is 0. The fourth-order valence-electron chi connectivity index (χ4n) is 4.68. The number of aromatic nitrogens is 4. The summed E-state index contributed by atoms with van der Waals surface area (Å²) in [5.74, 6) is 1.50. The third-order valence-corrected chi connectivity index (χ3v) is 6.54. The number of pyridine rings is 2. The van der Waals surface area contributed by atoms with Gasteiger partial charge >= 0.3 is 0 Å². The number of ether oxygens (including phenoxy) is 1. The van der Waals surface area contributed by atoms with Crippen LogP contribution in [0.2, 0.25) is 0 Å². The first kappa shape index (κ1) is 29.0. The van der Waals surface area contributed by atoms with E-state index < -0.39 is 0 Å². The van der Waals surface area contributed by atoms with Crippen LogP contribution in [-0.4, -0.2) is 15.0 Å². The van der Waals surface area contributed by atoms with E-state index >= 15 is 0 Å². The second-order valence-corrected chi connectivity index (χ2v) is 9.01. The van der Waals surface area contributed by atoms with Crippen LogP contribution < -0.4 is 9.72 Å². The predicted molar refractivity (Wildman–Crippen MR) is 152 cm³/mol. The van der Waals surface area contributed by atoms with Crippen LogP contribution in [0.3, 0.4) is 0 Å². The number of para-hydroxylation sites is 3. The quantitative estimate of drug-likeness (QED) is 0.175. The summed E-state index contributed by atoms with van der Waals surface area (Å²) in [6.07, 6.45) is 1.75. The van der Waals surface area contributed by atoms with E-state index in [4.69, 9.17) is 9.72 Å². The molecule has 1 aliphatic heterocycles. The topological polar surface area (TPSA) is 62.0 Å². The van der Waals surface area contributed by atoms with Crippen molar-refractivity contribution in [1.29, 1.82) is 0 Å². The van der Waals surface area contributed by atoms with Crippen LogP contribution >= 0.6 is 0 Å². The van der Waals surface area contributed by atoms with Crippen molar-refractivity contribution in [1.82, 2.24) is 19.9 Å². The molecule has 3 aromatic heterocycles. The van der Waals surface area contributed by atoms with Crippen molar-refractivity contribution in [2.45, 2.75) is 6.61 Å². The van der Waals surface area contributed by atoms with E-state index in [1.807, 2.05) is 97.1 Å². The zero-order valence-electron chi connectivity index (χ0n) is 21.7. The van der Waals surface area contributed by atoms with Gasteiger partial charge in [0.2, 0.25) is 0 Å². The standard InChI is InChI=1S/C22H12NO.C12H8N3.Ir.Y/c1-2-7-15(8-3-1)17-10-6-11-18-19(17)14-24-21-13-16-9-4-5-12-20(16)23-22(18)21;1-2-6-10-9(5-1)14-12(15-10)11-7-3-4-8-13-11;;/h1-7,9,12-13H,14H2;1-8H;;/q-3;-1;;. The molecular weight excluding hydrogens is 762 g/mol. The van der Waals surface area contributed by atoms with Gasteiger partial charge in [0.15, 0.2) is 0 Å². The second kappa shape index (κ2) is 13.0. The van der Waals surface area contributed by atoms with Gasteiger partial charge < -0.3 is 31.9 Å². The molecule has 0 spiro atoms. The maximum absolute atomic E-state index is 6.00. The Bertz CT molecular complexity index is 1890. The van der Waals surface area contributed by atoms with Crippen molar-refractivity contribution < 1.29 is 57.6 Å². The molecule has 1 aliphatic rings. The van der Waals surface area contributed by atoms with Crippen LogP contribution in [0.15, 0.2) is 109 Å². The molecule has 8 rings (SSSR count). The zero-order valence-corrected chi connectivity index (χ0v) is 26.9. The molecule has 7 aromatic rings. The SMILES string of the molecule is [Ir].[Y].[c-]1ccccc1-c1[c-]c[c-]c2c1COc1cc3ccccc3nc1-2.c1ccc(-c2nc3ccccc3[n-]2)nc1. The fourth-order valence-corrected chi connectivity index (χ4v) is 4.68. The molecule has 0 fully saturated rings. The van der Waals surface area contributed by atoms with Gasteiger partial charge in [-0.05, 0) is 41.1 Å². The minimum Gasteiger partial charge on any atom is -0.505 e. The van der Waals surface area contributed by atoms with Crippen molar-refractivity contribution in [3.63, 3.8) is 0 Å². The number of rotatable bonds is 2. The number of fused-ring (bicyclic) bond motifs is 5. The van der Waals surface area contributed by atoms with Gasteiger partial charge in [-0.3, -0.25) is 17.1 Å². The predicted octanol–water partition coefficient (Wildman–Crippen LogP) is 7.11. The maximum Gasteiger partial charge on any atom is 0.141 e. The van der Waals surface area contributed by atoms with Crippen molar-refractivity contribution in [3.05, 3.63) is 133 Å². The number of nitrogens with zero attached hydrogens (tertiary/aromatic N) is 4. The van der Waals surface area contributed by atoms with Crippen LogP contribution in [0.25, 0.3) is 55.8 Å². The van der Waals surface area contributed by atoms with Gasteiger partial charge in [-0.1, -0.05) is 48.5 Å². The number of hydrogen-bond acceptors (Lipinski definition) is 4. The van der Waals surface area contributed by atoms with E-state index in [1.54, 1.807) is 6.20 Å². The number of benzene rings is 4. The largest absolute Gasteiger partial charge is 0.505 e. The number of hydrogen-bond donors (Lipinski definition) is 0. The van der Waals surface area contributed by atoms with Crippen molar-refractivity contribution in [2.75, 3.05) is 0 Å². The summed E-state index contributed by atoms with van der Waals surface area (Å²) < 4.78 is 6.00. The Morgan fingerprint density at radius 3 is 2.34 bits per heavy atom. The first-order valence-electron chi connectivity index (χ1n) is 12.6. The molecular formula is C34H20IrN4OY-4. The molecule has 0 amide bonds. The zero-order chi connectivity index (χ0) is 26.0. The minimum atomic E-state index is 0. The molecule has 7 heteroatoms. The monoisotopic (exact) mass is 782 g/mol. The summed E-state index contributed by atoms with van der Waals surface area (Å²) >= 11 is 0. The molecule has 0 aliphatic carbocycles. The van der Waals surface area contributed by atoms with Crippen LogP contribution in [0, 0.1) is 18.2 Å². The molecule has 41 heavy (non-hydrogen) atoms. The van der Waals surface area contributed by atoms with E-state index in [2.05, 4.69) is 39.2 Å². The first-order valence-corrected chi connectivity index (χ1v) is 12.6. The van der Waals surface area contributed by atoms with Gasteiger partial charge in [0.25, 0.3) is 0 Å². The average molecular weight is 782 g/mol. The summed E-state index contributed by atoms with van der Waals surface area (Å²) in [6.45, 7) is 0.494. The Labute approximate surface area is 276 Å². The Balaban J connectivity index is 0.000000173. The molecule has 0 unspecified atom stereocenters. The third kappa shape index (κ3) is 5.93. The molecule has 0 saturated heterocycles. The van der Waals surface area contributed by atoms with E-state index in [1.165, 1.54) is 0 Å². The fraction of sp³-hybridized carbons (Fsp3) is 0.0294. The Morgan fingerprint density at radius 1 is 0.756 bits per heavy atom. The summed E-state index contributed by atoms with van der Waals surface area (Å²) in [4.78, 5) is 17.8. The Kier molecular flexibility index (Phi) is 9.16. The molecule has 5 nitrogen and oxygen atoms in total. The van der Waals surface area contributed by atoms with E-state index in [9.17, 15) is 0 Å². The van der Waals surface area contributed by atoms with Crippen LogP contribution in [0.4, 0.5) is 0 Å². The minimum absolute atomic E-state index is 0. The molecule has 0 N–H and O–H groups in total. The van der Waals surface area contributed by atoms with Gasteiger partial charge in [-0.25, -0.2) is 22.7 Å². The Hall–Kier alpha value is -3.54. The Morgan fingerprint density at radius 2 is 1.54 bits per heavy atom. The van der Waals surface area contributed by atoms with Crippen molar-refractivity contribution in [2.24, 2.45) is 0 Å². The third-order valence-electron chi connectivity index (χ3n) is 6.54. The molecule has 4 aromatic carbocycles. The van der Waals surface area contributed by atoms with E-state index in [-0.39, 0.29) is 52.8 Å². The van der Waals surface area contributed by atoms with Gasteiger partial charge in [-0.15, -0.1) is 6.07 Å². The molecule has 0 saturated carbocycles. The van der Waals surface area contributed by atoms with Crippen LogP contribution in [0.5, 0.6) is 5.75 Å². The molecule has 0 atom stereocenters. The number of imidazole rings is 1. The van der Waals surface area contributed by atoms with Gasteiger partial charge in [0, 0.05) is 71.0 Å². The summed E-state index contributed by atoms with van der Waals surface area (Å²) in [5.41, 5.74) is 8.52. The van der Waals surface area contributed by atoms with Gasteiger partial charge in [0.1, 0.15) is 5.75 Å². The van der Waals surface area contributed by atoms with Crippen LogP contribution in [-0.2, 0) is 59.4 Å². The molecule has 0 bridgehead atoms. The average Bonchev–Trinajstić information content (AvgIpc) is 3.46. The maximum atomic E-state index is 6.00. The van der Waals surface area contributed by atoms with E-state index in [0.29, 0.717) is 12.4 Å². The second-order valence-electron chi connectivity index (χ2n) is 9.01. The van der Waals surface area contributed by atoms with Crippen molar-refractivity contribution in [3.8, 4) is 39.7 Å². The smallest absolute Gasteiger partial charge is 0.141 e. The normalized spacial score (nSPS) is 11.1. The van der Waals surface area contributed by atoms with Crippen LogP contribution in [0.1, 0.15) is 5.56 Å². The van der Waals surface area contributed by atoms with Gasteiger partial charge in [-0.2, -0.15) is 17.7 Å². The molecule has 2 radical (unpaired) electrons. The van der Waals surface area contributed by atoms with Crippen molar-refractivity contribution >= 4 is 21.9 Å². The first-order chi connectivity index (χ1) is 19.3. The molecule has 4 heterocycles. The summed E-state index contributed by atoms with van der Waals surface area (Å²) in [5, 5.41) is 1.08. The molecule has 198 valence electrons.